The predicted octanol–water partition coefficient (Wildman–Crippen LogP) is 4.41. The molecule has 0 N–H and O–H groups in total. The molecule has 16 heavy (non-hydrogen) atoms. The molecule has 1 aliphatic carbocycles. The number of hydrogen-bond donors (Lipinski definition) is 0. The summed E-state index contributed by atoms with van der Waals surface area (Å²) >= 11 is 1.85. The molecular weight excluding hydrogens is 214 g/mol. The van der Waals surface area contributed by atoms with Crippen molar-refractivity contribution < 1.29 is 0 Å². The van der Waals surface area contributed by atoms with Crippen molar-refractivity contribution in [1.29, 1.82) is 0 Å². The van der Waals surface area contributed by atoms with Gasteiger partial charge in [-0.2, -0.15) is 0 Å². The highest BCUT2D eigenvalue weighted by atomic mass is 32.2. The second-order valence-corrected chi connectivity index (χ2v) is 5.38. The van der Waals surface area contributed by atoms with E-state index in [9.17, 15) is 0 Å². The number of benzene rings is 1. The van der Waals surface area contributed by atoms with E-state index >= 15 is 0 Å². The van der Waals surface area contributed by atoms with Gasteiger partial charge in [0.15, 0.2) is 0 Å². The Morgan fingerprint density at radius 1 is 1.25 bits per heavy atom. The number of hydrogen-bond acceptors (Lipinski definition) is 2. The number of aryl methyl sites for hydroxylation is 1. The first-order chi connectivity index (χ1) is 7.72. The molecule has 1 aromatic carbocycles. The van der Waals surface area contributed by atoms with Crippen molar-refractivity contribution in [1.82, 2.24) is 0 Å². The van der Waals surface area contributed by atoms with Crippen molar-refractivity contribution in [2.45, 2.75) is 25.2 Å². The van der Waals surface area contributed by atoms with E-state index in [1.54, 1.807) is 0 Å². The average Bonchev–Trinajstić information content (AvgIpc) is 2.26. The highest BCUT2D eigenvalue weighted by Crippen LogP contribution is 2.42. The Kier molecular flexibility index (Phi) is 2.25. The summed E-state index contributed by atoms with van der Waals surface area (Å²) in [5.41, 5.74) is 4.98. The van der Waals surface area contributed by atoms with Crippen molar-refractivity contribution in [3.63, 3.8) is 0 Å². The highest BCUT2D eigenvalue weighted by Gasteiger charge is 2.19. The largest absolute Gasteiger partial charge is 0.251 e. The number of aliphatic imine (C=N–C) groups is 1. The minimum absolute atomic E-state index is 0.970. The Balaban J connectivity index is 2.11. The molecule has 0 radical (unpaired) electrons. The second-order valence-electron chi connectivity index (χ2n) is 4.29. The lowest BCUT2D eigenvalue weighted by Crippen LogP contribution is -2.06. The first-order valence-corrected chi connectivity index (χ1v) is 6.29. The molecule has 1 nitrogen and oxygen atoms in total. The van der Waals surface area contributed by atoms with Crippen LogP contribution >= 0.6 is 11.8 Å². The average molecular weight is 227 g/mol. The maximum Gasteiger partial charge on any atom is 0.0773 e. The number of thioether (sulfide) groups is 1. The summed E-state index contributed by atoms with van der Waals surface area (Å²) in [6.45, 7) is 4.27. The molecule has 1 heterocycles. The molecule has 0 amide bonds. The lowest BCUT2D eigenvalue weighted by Gasteiger charge is -2.20. The zero-order valence-corrected chi connectivity index (χ0v) is 10.3. The van der Waals surface area contributed by atoms with Crippen LogP contribution in [0.15, 0.2) is 50.7 Å². The summed E-state index contributed by atoms with van der Waals surface area (Å²) in [5.74, 6) is 0. The van der Waals surface area contributed by atoms with Gasteiger partial charge in [-0.25, -0.2) is 0 Å². The minimum atomic E-state index is 0.970. The van der Waals surface area contributed by atoms with E-state index < -0.39 is 0 Å². The van der Waals surface area contributed by atoms with Crippen molar-refractivity contribution in [3.05, 3.63) is 46.4 Å². The maximum absolute atomic E-state index is 4.73. The highest BCUT2D eigenvalue weighted by molar-refractivity contribution is 8.04. The summed E-state index contributed by atoms with van der Waals surface area (Å²) < 4.78 is 0. The quantitative estimate of drug-likeness (QED) is 0.639. The maximum atomic E-state index is 4.73. The van der Waals surface area contributed by atoms with Crippen LogP contribution in [0.25, 0.3) is 0 Å². The molecule has 0 atom stereocenters. The van der Waals surface area contributed by atoms with E-state index in [1.807, 2.05) is 11.8 Å². The molecule has 2 heteroatoms. The fourth-order valence-corrected chi connectivity index (χ4v) is 3.15. The SMILES string of the molecule is CC1=CCC2=Nc3ccc(C)cc3SC2=C1. The molecule has 1 aliphatic heterocycles. The minimum Gasteiger partial charge on any atom is -0.251 e. The summed E-state index contributed by atoms with van der Waals surface area (Å²) in [5, 5.41) is 0. The number of rotatable bonds is 0. The van der Waals surface area contributed by atoms with Gasteiger partial charge in [-0.05, 0) is 37.6 Å². The van der Waals surface area contributed by atoms with Crippen LogP contribution in [0.4, 0.5) is 5.69 Å². The zero-order chi connectivity index (χ0) is 11.1. The summed E-state index contributed by atoms with van der Waals surface area (Å²) in [7, 11) is 0. The summed E-state index contributed by atoms with van der Waals surface area (Å²) in [4.78, 5) is 7.33. The van der Waals surface area contributed by atoms with Crippen molar-refractivity contribution in [3.8, 4) is 0 Å². The van der Waals surface area contributed by atoms with E-state index in [0.717, 1.165) is 12.1 Å². The van der Waals surface area contributed by atoms with E-state index in [4.69, 9.17) is 4.99 Å². The number of nitrogens with zero attached hydrogens (tertiary/aromatic N) is 1. The van der Waals surface area contributed by atoms with Crippen LogP contribution in [-0.4, -0.2) is 5.71 Å². The molecule has 0 aromatic heterocycles. The normalized spacial score (nSPS) is 18.0. The molecule has 0 saturated heterocycles. The molecule has 0 bridgehead atoms. The van der Waals surface area contributed by atoms with Gasteiger partial charge in [-0.3, -0.25) is 4.99 Å². The van der Waals surface area contributed by atoms with Crippen LogP contribution in [0.3, 0.4) is 0 Å². The smallest absolute Gasteiger partial charge is 0.0773 e. The first kappa shape index (κ1) is 9.91. The van der Waals surface area contributed by atoms with Gasteiger partial charge in [0.25, 0.3) is 0 Å². The van der Waals surface area contributed by atoms with Gasteiger partial charge in [0.05, 0.1) is 11.4 Å². The molecule has 0 fully saturated rings. The molecule has 1 aromatic rings. The Labute approximate surface area is 100.0 Å². The monoisotopic (exact) mass is 227 g/mol. The van der Waals surface area contributed by atoms with Gasteiger partial charge >= 0.3 is 0 Å². The fraction of sp³-hybridized carbons (Fsp3) is 0.214. The Morgan fingerprint density at radius 3 is 3.00 bits per heavy atom. The number of fused-ring (bicyclic) bond motifs is 2. The van der Waals surface area contributed by atoms with E-state index in [2.05, 4.69) is 44.2 Å². The fourth-order valence-electron chi connectivity index (χ4n) is 1.96. The third-order valence-electron chi connectivity index (χ3n) is 2.85. The van der Waals surface area contributed by atoms with E-state index in [0.29, 0.717) is 0 Å². The third kappa shape index (κ3) is 1.63. The zero-order valence-electron chi connectivity index (χ0n) is 9.45. The van der Waals surface area contributed by atoms with Gasteiger partial charge in [0, 0.05) is 16.2 Å². The lowest BCUT2D eigenvalue weighted by molar-refractivity contribution is 1.26. The van der Waals surface area contributed by atoms with E-state index in [-0.39, 0.29) is 0 Å². The Hall–Kier alpha value is -1.28. The molecule has 0 unspecified atom stereocenters. The van der Waals surface area contributed by atoms with Crippen molar-refractivity contribution in [2.75, 3.05) is 0 Å². The molecule has 80 valence electrons. The summed E-state index contributed by atoms with van der Waals surface area (Å²) in [6, 6.07) is 6.46. The third-order valence-corrected chi connectivity index (χ3v) is 3.97. The second kappa shape index (κ2) is 3.63. The van der Waals surface area contributed by atoms with Gasteiger partial charge in [0.2, 0.25) is 0 Å². The number of allylic oxidation sites excluding steroid dienone is 4. The molecular formula is C14H13NS. The molecule has 3 rings (SSSR count). The van der Waals surface area contributed by atoms with Crippen LogP contribution in [0.1, 0.15) is 18.9 Å². The Bertz CT molecular complexity index is 550. The van der Waals surface area contributed by atoms with Crippen LogP contribution < -0.4 is 0 Å². The van der Waals surface area contributed by atoms with Crippen LogP contribution in [0, 0.1) is 6.92 Å². The molecule has 0 saturated carbocycles. The summed E-state index contributed by atoms with van der Waals surface area (Å²) in [6.07, 6.45) is 5.44. The lowest BCUT2D eigenvalue weighted by atomic mass is 10.1. The molecule has 0 spiro atoms. The van der Waals surface area contributed by atoms with Crippen molar-refractivity contribution >= 4 is 23.2 Å². The first-order valence-electron chi connectivity index (χ1n) is 5.47. The van der Waals surface area contributed by atoms with Crippen molar-refractivity contribution in [2.24, 2.45) is 4.99 Å². The predicted molar refractivity (Wildman–Crippen MR) is 70.6 cm³/mol. The standard InChI is InChI=1S/C14H13NS/c1-9-3-5-11-13(7-9)16-14-8-10(2)4-6-12(14)15-11/h3-5,7-8H,6H2,1-2H3. The van der Waals surface area contributed by atoms with E-state index in [1.165, 1.54) is 26.6 Å². The molecule has 2 aliphatic rings. The van der Waals surface area contributed by atoms with Gasteiger partial charge in [-0.1, -0.05) is 29.5 Å². The van der Waals surface area contributed by atoms with Gasteiger partial charge in [-0.15, -0.1) is 0 Å². The van der Waals surface area contributed by atoms with Crippen LogP contribution in [0.2, 0.25) is 0 Å². The van der Waals surface area contributed by atoms with Crippen LogP contribution in [0.5, 0.6) is 0 Å². The Morgan fingerprint density at radius 2 is 2.12 bits per heavy atom. The topological polar surface area (TPSA) is 12.4 Å². The van der Waals surface area contributed by atoms with Gasteiger partial charge in [0.1, 0.15) is 0 Å². The van der Waals surface area contributed by atoms with Crippen LogP contribution in [-0.2, 0) is 0 Å². The van der Waals surface area contributed by atoms with Gasteiger partial charge < -0.3 is 0 Å².